The second kappa shape index (κ2) is 6.55. The van der Waals surface area contributed by atoms with Crippen molar-refractivity contribution in [3.05, 3.63) is 59.6 Å². The second-order valence-electron chi connectivity index (χ2n) is 6.28. The number of aryl methyl sites for hydroxylation is 1. The standard InChI is InChI=1S/C19H19N3O3/c1-2-13-5-7-14(8-6-13)11-22-12-15(10-17(22)23)18-20-19(25-21-18)16-4-3-9-24-16/h3-9,15H,2,10-12H2,1H3. The molecule has 1 aliphatic heterocycles. The Hall–Kier alpha value is -2.89. The van der Waals surface area contributed by atoms with Gasteiger partial charge in [0, 0.05) is 25.4 Å². The molecule has 6 nitrogen and oxygen atoms in total. The van der Waals surface area contributed by atoms with Crippen LogP contribution in [0.2, 0.25) is 0 Å². The van der Waals surface area contributed by atoms with Crippen LogP contribution in [-0.4, -0.2) is 27.5 Å². The fourth-order valence-electron chi connectivity index (χ4n) is 3.10. The van der Waals surface area contributed by atoms with E-state index in [4.69, 9.17) is 8.94 Å². The van der Waals surface area contributed by atoms with Crippen LogP contribution >= 0.6 is 0 Å². The van der Waals surface area contributed by atoms with Gasteiger partial charge >= 0.3 is 0 Å². The van der Waals surface area contributed by atoms with Crippen molar-refractivity contribution in [1.82, 2.24) is 15.0 Å². The number of hydrogen-bond donors (Lipinski definition) is 0. The van der Waals surface area contributed by atoms with Gasteiger partial charge in [-0.3, -0.25) is 4.79 Å². The summed E-state index contributed by atoms with van der Waals surface area (Å²) in [6, 6.07) is 11.9. The van der Waals surface area contributed by atoms with Crippen molar-refractivity contribution < 1.29 is 13.7 Å². The maximum Gasteiger partial charge on any atom is 0.293 e. The summed E-state index contributed by atoms with van der Waals surface area (Å²) >= 11 is 0. The Kier molecular flexibility index (Phi) is 4.09. The molecular weight excluding hydrogens is 318 g/mol. The molecule has 3 aromatic rings. The summed E-state index contributed by atoms with van der Waals surface area (Å²) in [5, 5.41) is 4.03. The van der Waals surface area contributed by atoms with Crippen LogP contribution in [0.5, 0.6) is 0 Å². The third kappa shape index (κ3) is 3.20. The first-order valence-electron chi connectivity index (χ1n) is 8.46. The average molecular weight is 337 g/mol. The maximum atomic E-state index is 12.3. The van der Waals surface area contributed by atoms with Crippen LogP contribution in [0.15, 0.2) is 51.6 Å². The molecule has 0 N–H and O–H groups in total. The summed E-state index contributed by atoms with van der Waals surface area (Å²) in [6.45, 7) is 3.35. The molecular formula is C19H19N3O3. The molecule has 3 heterocycles. The van der Waals surface area contributed by atoms with Crippen molar-refractivity contribution in [2.75, 3.05) is 6.54 Å². The number of carbonyl (C=O) groups is 1. The number of hydrogen-bond acceptors (Lipinski definition) is 5. The van der Waals surface area contributed by atoms with Crippen LogP contribution in [0.1, 0.15) is 36.2 Å². The second-order valence-corrected chi connectivity index (χ2v) is 6.28. The van der Waals surface area contributed by atoms with Crippen LogP contribution in [0.25, 0.3) is 11.7 Å². The van der Waals surface area contributed by atoms with Crippen LogP contribution < -0.4 is 0 Å². The van der Waals surface area contributed by atoms with Crippen molar-refractivity contribution >= 4 is 5.91 Å². The van der Waals surface area contributed by atoms with Crippen LogP contribution in [-0.2, 0) is 17.8 Å². The molecule has 1 saturated heterocycles. The SMILES string of the molecule is CCc1ccc(CN2CC(c3noc(-c4ccco4)n3)CC2=O)cc1. The van der Waals surface area contributed by atoms with Crippen molar-refractivity contribution in [2.45, 2.75) is 32.2 Å². The summed E-state index contributed by atoms with van der Waals surface area (Å²) in [5.41, 5.74) is 2.43. The number of amides is 1. The monoisotopic (exact) mass is 337 g/mol. The third-order valence-electron chi connectivity index (χ3n) is 4.56. The van der Waals surface area contributed by atoms with Crippen molar-refractivity contribution in [3.63, 3.8) is 0 Å². The highest BCUT2D eigenvalue weighted by atomic mass is 16.5. The smallest absolute Gasteiger partial charge is 0.293 e. The predicted octanol–water partition coefficient (Wildman–Crippen LogP) is 3.41. The van der Waals surface area contributed by atoms with Gasteiger partial charge in [0.25, 0.3) is 5.89 Å². The van der Waals surface area contributed by atoms with E-state index >= 15 is 0 Å². The Morgan fingerprint density at radius 1 is 1.20 bits per heavy atom. The van der Waals surface area contributed by atoms with E-state index in [0.717, 1.165) is 12.0 Å². The molecule has 4 rings (SSSR count). The zero-order valence-corrected chi connectivity index (χ0v) is 14.0. The molecule has 1 unspecified atom stereocenters. The summed E-state index contributed by atoms with van der Waals surface area (Å²) in [7, 11) is 0. The van der Waals surface area contributed by atoms with E-state index in [9.17, 15) is 4.79 Å². The molecule has 0 saturated carbocycles. The minimum absolute atomic E-state index is 0.0464. The summed E-state index contributed by atoms with van der Waals surface area (Å²) in [4.78, 5) is 18.6. The molecule has 0 bridgehead atoms. The fraction of sp³-hybridized carbons (Fsp3) is 0.316. The maximum absolute atomic E-state index is 12.3. The van der Waals surface area contributed by atoms with Gasteiger partial charge in [-0.25, -0.2) is 0 Å². The number of nitrogens with zero attached hydrogens (tertiary/aromatic N) is 3. The highest BCUT2D eigenvalue weighted by molar-refractivity contribution is 5.79. The number of carbonyl (C=O) groups excluding carboxylic acids is 1. The molecule has 1 amide bonds. The minimum Gasteiger partial charge on any atom is -0.459 e. The van der Waals surface area contributed by atoms with Gasteiger partial charge < -0.3 is 13.8 Å². The number of furan rings is 1. The number of rotatable bonds is 5. The molecule has 1 atom stereocenters. The quantitative estimate of drug-likeness (QED) is 0.713. The Bertz CT molecular complexity index is 852. The number of aromatic nitrogens is 2. The van der Waals surface area contributed by atoms with E-state index in [1.165, 1.54) is 5.56 Å². The zero-order valence-electron chi connectivity index (χ0n) is 14.0. The van der Waals surface area contributed by atoms with Gasteiger partial charge in [-0.05, 0) is 29.7 Å². The van der Waals surface area contributed by atoms with Crippen molar-refractivity contribution in [3.8, 4) is 11.7 Å². The lowest BCUT2D eigenvalue weighted by atomic mass is 10.1. The summed E-state index contributed by atoms with van der Waals surface area (Å²) < 4.78 is 10.5. The topological polar surface area (TPSA) is 72.4 Å². The van der Waals surface area contributed by atoms with Gasteiger partial charge in [-0.1, -0.05) is 36.3 Å². The van der Waals surface area contributed by atoms with Crippen LogP contribution in [0.3, 0.4) is 0 Å². The molecule has 0 aliphatic carbocycles. The van der Waals surface area contributed by atoms with Crippen molar-refractivity contribution in [2.24, 2.45) is 0 Å². The first kappa shape index (κ1) is 15.6. The molecule has 2 aromatic heterocycles. The van der Waals surface area contributed by atoms with E-state index in [0.29, 0.717) is 37.0 Å². The van der Waals surface area contributed by atoms with Crippen molar-refractivity contribution in [1.29, 1.82) is 0 Å². The molecule has 0 radical (unpaired) electrons. The predicted molar refractivity (Wildman–Crippen MR) is 90.6 cm³/mol. The Morgan fingerprint density at radius 3 is 2.72 bits per heavy atom. The lowest BCUT2D eigenvalue weighted by Gasteiger charge is -2.16. The summed E-state index contributed by atoms with van der Waals surface area (Å²) in [6.07, 6.45) is 2.98. The first-order valence-corrected chi connectivity index (χ1v) is 8.46. The van der Waals surface area contributed by atoms with Gasteiger partial charge in [0.15, 0.2) is 11.6 Å². The minimum atomic E-state index is -0.0464. The Morgan fingerprint density at radius 2 is 2.00 bits per heavy atom. The van der Waals surface area contributed by atoms with E-state index in [1.54, 1.807) is 18.4 Å². The molecule has 25 heavy (non-hydrogen) atoms. The fourth-order valence-corrected chi connectivity index (χ4v) is 3.10. The van der Waals surface area contributed by atoms with E-state index in [2.05, 4.69) is 41.3 Å². The van der Waals surface area contributed by atoms with Gasteiger partial charge in [-0.15, -0.1) is 0 Å². The highest BCUT2D eigenvalue weighted by Crippen LogP contribution is 2.29. The van der Waals surface area contributed by atoms with Gasteiger partial charge in [0.2, 0.25) is 5.91 Å². The molecule has 1 aromatic carbocycles. The van der Waals surface area contributed by atoms with Crippen LogP contribution in [0.4, 0.5) is 0 Å². The van der Waals surface area contributed by atoms with E-state index < -0.39 is 0 Å². The Labute approximate surface area is 145 Å². The third-order valence-corrected chi connectivity index (χ3v) is 4.56. The van der Waals surface area contributed by atoms with Gasteiger partial charge in [-0.2, -0.15) is 4.98 Å². The number of benzene rings is 1. The zero-order chi connectivity index (χ0) is 17.2. The molecule has 1 aliphatic rings. The van der Waals surface area contributed by atoms with E-state index in [-0.39, 0.29) is 11.8 Å². The average Bonchev–Trinajstić information content (AvgIpc) is 3.36. The lowest BCUT2D eigenvalue weighted by Crippen LogP contribution is -2.24. The molecule has 1 fully saturated rings. The lowest BCUT2D eigenvalue weighted by molar-refractivity contribution is -0.128. The molecule has 128 valence electrons. The van der Waals surface area contributed by atoms with Crippen LogP contribution in [0, 0.1) is 0 Å². The van der Waals surface area contributed by atoms with Gasteiger partial charge in [0.05, 0.1) is 6.26 Å². The first-order chi connectivity index (χ1) is 12.2. The summed E-state index contributed by atoms with van der Waals surface area (Å²) in [5.74, 6) is 1.52. The normalized spacial score (nSPS) is 17.4. The Balaban J connectivity index is 1.44. The van der Waals surface area contributed by atoms with Gasteiger partial charge in [0.1, 0.15) is 0 Å². The van der Waals surface area contributed by atoms with E-state index in [1.807, 2.05) is 4.90 Å². The highest BCUT2D eigenvalue weighted by Gasteiger charge is 2.33. The largest absolute Gasteiger partial charge is 0.459 e. The molecule has 6 heteroatoms. The number of likely N-dealkylation sites (tertiary alicyclic amines) is 1. The molecule has 0 spiro atoms.